The predicted molar refractivity (Wildman–Crippen MR) is 58.4 cm³/mol. The molecule has 0 N–H and O–H groups in total. The van der Waals surface area contributed by atoms with Crippen LogP contribution in [0.2, 0.25) is 0 Å². The molecule has 0 aliphatic heterocycles. The van der Waals surface area contributed by atoms with Crippen molar-refractivity contribution in [3.63, 3.8) is 0 Å². The summed E-state index contributed by atoms with van der Waals surface area (Å²) in [6, 6.07) is 12.1. The molecule has 1 aliphatic carbocycles. The topological polar surface area (TPSA) is 33.0 Å². The van der Waals surface area contributed by atoms with Crippen LogP contribution < -0.4 is 4.74 Å². The molecule has 2 heteroatoms. The van der Waals surface area contributed by atoms with E-state index in [0.29, 0.717) is 0 Å². The number of hydrogen-bond acceptors (Lipinski definition) is 2. The maximum atomic E-state index is 9.01. The first-order valence-electron chi connectivity index (χ1n) is 5.51. The largest absolute Gasteiger partial charge is 0.489 e. The van der Waals surface area contributed by atoms with Gasteiger partial charge in [-0.15, -0.1) is 0 Å². The minimum absolute atomic E-state index is 0.0685. The number of ether oxygens (including phenoxy) is 1. The Kier molecular flexibility index (Phi) is 3.24. The first-order chi connectivity index (χ1) is 7.40. The van der Waals surface area contributed by atoms with E-state index in [1.165, 1.54) is 6.42 Å². The van der Waals surface area contributed by atoms with Gasteiger partial charge < -0.3 is 4.74 Å². The summed E-state index contributed by atoms with van der Waals surface area (Å²) in [5, 5.41) is 9.01. The van der Waals surface area contributed by atoms with Crippen molar-refractivity contribution < 1.29 is 4.74 Å². The van der Waals surface area contributed by atoms with Crippen LogP contribution in [-0.4, -0.2) is 6.10 Å². The second-order valence-corrected chi connectivity index (χ2v) is 3.99. The van der Waals surface area contributed by atoms with Crippen LogP contribution in [0.5, 0.6) is 5.75 Å². The van der Waals surface area contributed by atoms with Crippen molar-refractivity contribution in [2.75, 3.05) is 0 Å². The van der Waals surface area contributed by atoms with E-state index in [0.717, 1.165) is 25.0 Å². The summed E-state index contributed by atoms with van der Waals surface area (Å²) in [5.74, 6) is 0.948. The van der Waals surface area contributed by atoms with E-state index < -0.39 is 0 Å². The van der Waals surface area contributed by atoms with E-state index in [1.54, 1.807) is 0 Å². The molecule has 1 aromatic carbocycles. The Hall–Kier alpha value is -1.49. The van der Waals surface area contributed by atoms with Gasteiger partial charge in [0.25, 0.3) is 0 Å². The van der Waals surface area contributed by atoms with Gasteiger partial charge in [-0.1, -0.05) is 24.6 Å². The molecule has 78 valence electrons. The molecule has 0 radical (unpaired) electrons. The minimum Gasteiger partial charge on any atom is -0.489 e. The molecule has 1 fully saturated rings. The van der Waals surface area contributed by atoms with Gasteiger partial charge in [0.15, 0.2) is 0 Å². The molecule has 2 nitrogen and oxygen atoms in total. The Bertz CT molecular complexity index is 341. The second kappa shape index (κ2) is 4.84. The molecule has 2 rings (SSSR count). The summed E-state index contributed by atoms with van der Waals surface area (Å²) < 4.78 is 5.84. The Morgan fingerprint density at radius 2 is 1.87 bits per heavy atom. The van der Waals surface area contributed by atoms with Crippen LogP contribution in [0.15, 0.2) is 30.3 Å². The lowest BCUT2D eigenvalue weighted by Crippen LogP contribution is -2.29. The van der Waals surface area contributed by atoms with Crippen molar-refractivity contribution >= 4 is 0 Å². The maximum absolute atomic E-state index is 9.01. The maximum Gasteiger partial charge on any atom is 0.119 e. The highest BCUT2D eigenvalue weighted by molar-refractivity contribution is 5.21. The Labute approximate surface area is 90.5 Å². The first kappa shape index (κ1) is 10.0. The van der Waals surface area contributed by atoms with Gasteiger partial charge in [-0.3, -0.25) is 0 Å². The molecule has 1 aliphatic rings. The van der Waals surface area contributed by atoms with Crippen LogP contribution in [0.1, 0.15) is 25.7 Å². The van der Waals surface area contributed by atoms with E-state index in [4.69, 9.17) is 10.00 Å². The smallest absolute Gasteiger partial charge is 0.119 e. The number of hydrogen-bond donors (Lipinski definition) is 0. The van der Waals surface area contributed by atoms with Gasteiger partial charge in [-0.05, 0) is 31.4 Å². The molecule has 0 heterocycles. The van der Waals surface area contributed by atoms with E-state index in [9.17, 15) is 0 Å². The molecule has 0 bridgehead atoms. The van der Waals surface area contributed by atoms with Gasteiger partial charge in [0.2, 0.25) is 0 Å². The van der Waals surface area contributed by atoms with Gasteiger partial charge in [0.05, 0.1) is 12.0 Å². The van der Waals surface area contributed by atoms with Gasteiger partial charge in [0, 0.05) is 0 Å². The summed E-state index contributed by atoms with van der Waals surface area (Å²) in [6.45, 7) is 0. The highest BCUT2D eigenvalue weighted by Gasteiger charge is 2.26. The minimum atomic E-state index is 0.0685. The van der Waals surface area contributed by atoms with Crippen LogP contribution in [0, 0.1) is 17.2 Å². The third-order valence-corrected chi connectivity index (χ3v) is 2.90. The molecular formula is C13H15NO. The van der Waals surface area contributed by atoms with Crippen LogP contribution in [0.3, 0.4) is 0 Å². The monoisotopic (exact) mass is 201 g/mol. The van der Waals surface area contributed by atoms with Crippen LogP contribution in [0.4, 0.5) is 0 Å². The van der Waals surface area contributed by atoms with Crippen molar-refractivity contribution in [3.05, 3.63) is 30.3 Å². The van der Waals surface area contributed by atoms with Gasteiger partial charge in [-0.2, -0.15) is 5.26 Å². The summed E-state index contributed by atoms with van der Waals surface area (Å²) >= 11 is 0. The lowest BCUT2D eigenvalue weighted by Gasteiger charge is -2.27. The van der Waals surface area contributed by atoms with E-state index in [1.807, 2.05) is 30.3 Å². The molecule has 2 atom stereocenters. The third kappa shape index (κ3) is 2.50. The number of para-hydroxylation sites is 1. The second-order valence-electron chi connectivity index (χ2n) is 3.99. The molecule has 1 saturated carbocycles. The quantitative estimate of drug-likeness (QED) is 0.736. The zero-order valence-electron chi connectivity index (χ0n) is 8.73. The summed E-state index contributed by atoms with van der Waals surface area (Å²) in [7, 11) is 0. The lowest BCUT2D eigenvalue weighted by molar-refractivity contribution is 0.120. The number of nitriles is 1. The SMILES string of the molecule is N#CC1CCCCC1Oc1ccccc1. The fourth-order valence-electron chi connectivity index (χ4n) is 2.06. The molecule has 2 unspecified atom stereocenters. The summed E-state index contributed by atoms with van der Waals surface area (Å²) in [6.07, 6.45) is 4.41. The number of benzene rings is 1. The lowest BCUT2D eigenvalue weighted by atomic mass is 9.87. The van der Waals surface area contributed by atoms with E-state index >= 15 is 0 Å². The first-order valence-corrected chi connectivity index (χ1v) is 5.51. The molecule has 1 aromatic rings. The standard InChI is InChI=1S/C13H15NO/c14-10-11-6-4-5-9-13(11)15-12-7-2-1-3-8-12/h1-3,7-8,11,13H,4-6,9H2. The zero-order valence-corrected chi connectivity index (χ0v) is 8.73. The highest BCUT2D eigenvalue weighted by Crippen LogP contribution is 2.27. The normalized spacial score (nSPS) is 25.5. The zero-order chi connectivity index (χ0) is 10.5. The van der Waals surface area contributed by atoms with Gasteiger partial charge >= 0.3 is 0 Å². The van der Waals surface area contributed by atoms with Crippen LogP contribution >= 0.6 is 0 Å². The molecule has 0 spiro atoms. The fraction of sp³-hybridized carbons (Fsp3) is 0.462. The van der Waals surface area contributed by atoms with Crippen molar-refractivity contribution in [2.45, 2.75) is 31.8 Å². The van der Waals surface area contributed by atoms with Crippen molar-refractivity contribution in [3.8, 4) is 11.8 Å². The number of rotatable bonds is 2. The number of nitrogens with zero attached hydrogens (tertiary/aromatic N) is 1. The van der Waals surface area contributed by atoms with E-state index in [2.05, 4.69) is 6.07 Å². The van der Waals surface area contributed by atoms with Crippen LogP contribution in [-0.2, 0) is 0 Å². The Morgan fingerprint density at radius 3 is 2.60 bits per heavy atom. The molecule has 0 saturated heterocycles. The van der Waals surface area contributed by atoms with Gasteiger partial charge in [0.1, 0.15) is 11.9 Å². The Morgan fingerprint density at radius 1 is 1.13 bits per heavy atom. The van der Waals surface area contributed by atoms with Crippen LogP contribution in [0.25, 0.3) is 0 Å². The average Bonchev–Trinajstić information content (AvgIpc) is 2.31. The average molecular weight is 201 g/mol. The predicted octanol–water partition coefficient (Wildman–Crippen LogP) is 3.15. The summed E-state index contributed by atoms with van der Waals surface area (Å²) in [4.78, 5) is 0. The summed E-state index contributed by atoms with van der Waals surface area (Å²) in [5.41, 5.74) is 0. The molecular weight excluding hydrogens is 186 g/mol. The van der Waals surface area contributed by atoms with E-state index in [-0.39, 0.29) is 12.0 Å². The fourth-order valence-corrected chi connectivity index (χ4v) is 2.06. The molecule has 0 amide bonds. The highest BCUT2D eigenvalue weighted by atomic mass is 16.5. The van der Waals surface area contributed by atoms with Gasteiger partial charge in [-0.25, -0.2) is 0 Å². The van der Waals surface area contributed by atoms with Crippen molar-refractivity contribution in [2.24, 2.45) is 5.92 Å². The third-order valence-electron chi connectivity index (χ3n) is 2.90. The van der Waals surface area contributed by atoms with Crippen molar-refractivity contribution in [1.29, 1.82) is 5.26 Å². The Balaban J connectivity index is 2.01. The molecule has 15 heavy (non-hydrogen) atoms. The van der Waals surface area contributed by atoms with Crippen molar-refractivity contribution in [1.82, 2.24) is 0 Å². The molecule has 0 aromatic heterocycles.